The summed E-state index contributed by atoms with van der Waals surface area (Å²) in [5, 5.41) is 12.9. The number of ether oxygens (including phenoxy) is 2. The van der Waals surface area contributed by atoms with Gasteiger partial charge in [-0.25, -0.2) is 0 Å². The van der Waals surface area contributed by atoms with E-state index in [0.717, 1.165) is 16.9 Å². The van der Waals surface area contributed by atoms with Gasteiger partial charge in [-0.2, -0.15) is 0 Å². The number of rotatable bonds is 9. The Morgan fingerprint density at radius 3 is 2.37 bits per heavy atom. The van der Waals surface area contributed by atoms with Gasteiger partial charge in [0.15, 0.2) is 0 Å². The molecule has 9 heteroatoms. The van der Waals surface area contributed by atoms with Crippen molar-refractivity contribution in [3.8, 4) is 17.6 Å². The molecule has 200 valence electrons. The molecule has 0 aromatic heterocycles. The number of carbonyl (C=O) groups is 1. The fourth-order valence-corrected chi connectivity index (χ4v) is 6.21. The van der Waals surface area contributed by atoms with Crippen molar-refractivity contribution in [2.24, 2.45) is 5.92 Å². The van der Waals surface area contributed by atoms with Gasteiger partial charge in [-0.3, -0.25) is 0 Å². The predicted octanol–water partition coefficient (Wildman–Crippen LogP) is 4.28. The second-order valence-electron chi connectivity index (χ2n) is 9.20. The Morgan fingerprint density at radius 2 is 1.76 bits per heavy atom. The maximum atomic E-state index is 13.4. The summed E-state index contributed by atoms with van der Waals surface area (Å²) < 4.78 is 52.7. The molecular formula is C29H27F3IN2O3-. The van der Waals surface area contributed by atoms with Crippen LogP contribution in [0.5, 0.6) is 11.5 Å². The molecule has 4 rings (SSSR count). The van der Waals surface area contributed by atoms with Crippen LogP contribution in [-0.4, -0.2) is 16.4 Å². The van der Waals surface area contributed by atoms with Gasteiger partial charge in [0.2, 0.25) is 0 Å². The van der Waals surface area contributed by atoms with Crippen LogP contribution < -0.4 is 31.3 Å². The molecule has 1 fully saturated rings. The van der Waals surface area contributed by atoms with Crippen LogP contribution in [0.4, 0.5) is 18.9 Å². The topological polar surface area (TPSA) is 71.3 Å². The minimum atomic E-state index is -4.44. The van der Waals surface area contributed by atoms with E-state index in [2.05, 4.69) is 5.32 Å². The Morgan fingerprint density at radius 1 is 1.05 bits per heavy atom. The second-order valence-corrected chi connectivity index (χ2v) is 12.7. The molecule has 3 aromatic rings. The monoisotopic (exact) mass is 635 g/mol. The van der Waals surface area contributed by atoms with E-state index in [1.807, 2.05) is 38.1 Å². The fraction of sp³-hybridized carbons (Fsp3) is 0.310. The van der Waals surface area contributed by atoms with E-state index in [1.165, 1.54) is 12.1 Å². The Bertz CT molecular complexity index is 1300. The zero-order valence-electron chi connectivity index (χ0n) is 20.8. The van der Waals surface area contributed by atoms with Crippen molar-refractivity contribution in [1.29, 1.82) is 5.26 Å². The Hall–Kier alpha value is -3.26. The minimum absolute atomic E-state index is 0.113. The summed E-state index contributed by atoms with van der Waals surface area (Å²) in [5.74, 6) is 0.207. The van der Waals surface area contributed by atoms with E-state index in [4.69, 9.17) is 9.47 Å². The molecule has 0 aliphatic carbocycles. The van der Waals surface area contributed by atoms with Crippen LogP contribution in [0.25, 0.3) is 0 Å². The first-order valence-electron chi connectivity index (χ1n) is 12.1. The number of nitrogens with zero attached hydrogens (tertiary/aromatic N) is 1. The first-order valence-corrected chi connectivity index (χ1v) is 14.9. The van der Waals surface area contributed by atoms with Gasteiger partial charge >= 0.3 is 195 Å². The van der Waals surface area contributed by atoms with Crippen molar-refractivity contribution in [3.63, 3.8) is 0 Å². The predicted molar refractivity (Wildman–Crippen MR) is 133 cm³/mol. The second kappa shape index (κ2) is 12.1. The molecule has 3 unspecified atom stereocenters. The number of para-hydroxylation sites is 1. The summed E-state index contributed by atoms with van der Waals surface area (Å²) in [7, 11) is 0. The Balaban J connectivity index is 1.52. The molecule has 0 bridgehead atoms. The number of alkyl halides is 5. The third-order valence-corrected chi connectivity index (χ3v) is 9.70. The molecular weight excluding hydrogens is 608 g/mol. The van der Waals surface area contributed by atoms with Gasteiger partial charge < -0.3 is 0 Å². The molecule has 0 spiro atoms. The molecule has 0 amide bonds. The number of hydrogen-bond donors (Lipinski definition) is 1. The quantitative estimate of drug-likeness (QED) is 0.216. The first-order chi connectivity index (χ1) is 18.2. The molecule has 1 aliphatic heterocycles. The number of nitrogens with one attached hydrogen (secondary N) is 1. The van der Waals surface area contributed by atoms with E-state index >= 15 is 0 Å². The zero-order valence-corrected chi connectivity index (χ0v) is 23.0. The molecule has 1 N–H and O–H groups in total. The molecule has 0 radical (unpaired) electrons. The van der Waals surface area contributed by atoms with Gasteiger partial charge in [0.1, 0.15) is 5.75 Å². The van der Waals surface area contributed by atoms with Crippen LogP contribution in [0.2, 0.25) is 0 Å². The van der Waals surface area contributed by atoms with Crippen LogP contribution in [0, 0.1) is 17.2 Å². The molecule has 1 heterocycles. The van der Waals surface area contributed by atoms with Crippen LogP contribution in [0.3, 0.4) is 0 Å². The summed E-state index contributed by atoms with van der Waals surface area (Å²) in [6.07, 6.45) is -4.78. The van der Waals surface area contributed by atoms with Crippen molar-refractivity contribution in [3.05, 3.63) is 89.5 Å². The number of anilines is 1. The molecule has 38 heavy (non-hydrogen) atoms. The van der Waals surface area contributed by atoms with Gasteiger partial charge in [-0.05, 0) is 12.1 Å². The Labute approximate surface area is 230 Å². The molecule has 0 saturated carbocycles. The SMILES string of the molecule is CC(C)C(Nc1ccc(C(F)(F)F)cc1C1CC[I-]1)C(=O)OC(C#N)c1cccc(Oc2ccccc2)c1. The first kappa shape index (κ1) is 27.8. The third kappa shape index (κ3) is 6.78. The van der Waals surface area contributed by atoms with E-state index < -0.39 is 29.9 Å². The normalized spacial score (nSPS) is 16.8. The average Bonchev–Trinajstić information content (AvgIpc) is 2.85. The molecule has 5 nitrogen and oxygen atoms in total. The van der Waals surface area contributed by atoms with Gasteiger partial charge in [0.05, 0.1) is 0 Å². The van der Waals surface area contributed by atoms with Gasteiger partial charge in [0, 0.05) is 0 Å². The summed E-state index contributed by atoms with van der Waals surface area (Å²) in [6.45, 7) is 3.63. The molecule has 1 saturated heterocycles. The van der Waals surface area contributed by atoms with Crippen molar-refractivity contribution in [2.45, 2.75) is 42.5 Å². The van der Waals surface area contributed by atoms with E-state index in [0.29, 0.717) is 28.3 Å². The molecule has 1 aliphatic rings. The van der Waals surface area contributed by atoms with E-state index in [1.54, 1.807) is 36.4 Å². The molecule has 3 atom stereocenters. The van der Waals surface area contributed by atoms with Crippen molar-refractivity contribution in [2.75, 3.05) is 9.74 Å². The Kier molecular flexibility index (Phi) is 8.82. The number of benzene rings is 3. The number of halogens is 4. The van der Waals surface area contributed by atoms with Gasteiger partial charge in [-0.15, -0.1) is 0 Å². The van der Waals surface area contributed by atoms with Crippen molar-refractivity contribution >= 4 is 11.7 Å². The van der Waals surface area contributed by atoms with E-state index in [9.17, 15) is 23.2 Å². The van der Waals surface area contributed by atoms with E-state index in [-0.39, 0.29) is 31.0 Å². The summed E-state index contributed by atoms with van der Waals surface area (Å²) >= 11 is -0.226. The van der Waals surface area contributed by atoms with Crippen molar-refractivity contribution in [1.82, 2.24) is 0 Å². The summed E-state index contributed by atoms with van der Waals surface area (Å²) in [4.78, 5) is 13.3. The fourth-order valence-electron chi connectivity index (χ4n) is 3.98. The van der Waals surface area contributed by atoms with Crippen molar-refractivity contribution < 1.29 is 48.6 Å². The number of esters is 1. The summed E-state index contributed by atoms with van der Waals surface area (Å²) in [6, 6.07) is 20.7. The standard InChI is InChI=1S/C29H27F3IN2O3/c1-18(2)27(35-25-12-11-20(29(30,31)32)16-23(25)24-13-14-33-24)28(36)38-26(17-34)19-7-6-10-22(15-19)37-21-8-4-3-5-9-21/h3-12,15-16,18,24,26-27,35H,13-14H2,1-2H3/q-1. The van der Waals surface area contributed by atoms with Gasteiger partial charge in [-0.1, -0.05) is 18.2 Å². The third-order valence-electron chi connectivity index (χ3n) is 6.10. The van der Waals surface area contributed by atoms with Crippen LogP contribution in [0.1, 0.15) is 47.0 Å². The zero-order chi connectivity index (χ0) is 27.3. The van der Waals surface area contributed by atoms with Gasteiger partial charge in [0.25, 0.3) is 0 Å². The van der Waals surface area contributed by atoms with Crippen LogP contribution in [-0.2, 0) is 15.7 Å². The number of hydrogen-bond acceptors (Lipinski definition) is 5. The maximum absolute atomic E-state index is 13.4. The average molecular weight is 635 g/mol. The van der Waals surface area contributed by atoms with Crippen LogP contribution >= 0.6 is 0 Å². The number of nitriles is 1. The molecule has 3 aromatic carbocycles. The van der Waals surface area contributed by atoms with Crippen LogP contribution in [0.15, 0.2) is 72.8 Å². The number of carbonyl (C=O) groups excluding carboxylic acids is 1. The summed E-state index contributed by atoms with van der Waals surface area (Å²) in [5.41, 5.74) is 0.857.